The first kappa shape index (κ1) is 25.4. The number of fused-ring (bicyclic) bond motifs is 3. The molecule has 2 heterocycles. The van der Waals surface area contributed by atoms with Gasteiger partial charge in [0.25, 0.3) is 0 Å². The predicted molar refractivity (Wildman–Crippen MR) is 167 cm³/mol. The molecule has 3 aliphatic rings. The molecule has 0 atom stereocenters. The van der Waals surface area contributed by atoms with Crippen LogP contribution in [0.3, 0.4) is 0 Å². The Morgan fingerprint density at radius 3 is 2.13 bits per heavy atom. The molecule has 196 valence electrons. The van der Waals surface area contributed by atoms with Crippen LogP contribution in [0.4, 0.5) is 11.4 Å². The van der Waals surface area contributed by atoms with Crippen LogP contribution in [0.25, 0.3) is 11.1 Å². The molecule has 6 rings (SSSR count). The van der Waals surface area contributed by atoms with E-state index in [1.165, 1.54) is 56.2 Å². The van der Waals surface area contributed by atoms with E-state index in [1.807, 2.05) is 0 Å². The fraction of sp³-hybridized carbons (Fsp3) is 0.270. The van der Waals surface area contributed by atoms with Crippen LogP contribution in [0.15, 0.2) is 109 Å². The van der Waals surface area contributed by atoms with Gasteiger partial charge < -0.3 is 4.90 Å². The highest BCUT2D eigenvalue weighted by atomic mass is 15.2. The Kier molecular flexibility index (Phi) is 6.10. The Morgan fingerprint density at radius 1 is 0.718 bits per heavy atom. The largest absolute Gasteiger partial charge is 0.344 e. The molecular formula is C37H39N2+. The van der Waals surface area contributed by atoms with Crippen molar-refractivity contribution in [2.45, 2.75) is 52.4 Å². The summed E-state index contributed by atoms with van der Waals surface area (Å²) in [6, 6.07) is 26.5. The van der Waals surface area contributed by atoms with E-state index in [1.54, 1.807) is 0 Å². The van der Waals surface area contributed by atoms with E-state index in [0.717, 1.165) is 13.1 Å². The number of nitrogens with zero attached hydrogens (tertiary/aromatic N) is 2. The molecule has 0 aromatic heterocycles. The maximum Gasteiger partial charge on any atom is 0.209 e. The Bertz CT molecular complexity index is 1620. The summed E-state index contributed by atoms with van der Waals surface area (Å²) in [5, 5.41) is 0. The van der Waals surface area contributed by atoms with Crippen LogP contribution in [0.1, 0.15) is 63.8 Å². The number of benzene rings is 3. The first-order valence-corrected chi connectivity index (χ1v) is 14.3. The number of para-hydroxylation sites is 2. The molecule has 0 bridgehead atoms. The Morgan fingerprint density at radius 2 is 1.38 bits per heavy atom. The Labute approximate surface area is 234 Å². The van der Waals surface area contributed by atoms with Crippen LogP contribution < -0.4 is 4.90 Å². The number of hydrogen-bond donors (Lipinski definition) is 0. The fourth-order valence-corrected chi connectivity index (χ4v) is 6.89. The van der Waals surface area contributed by atoms with E-state index in [-0.39, 0.29) is 10.8 Å². The van der Waals surface area contributed by atoms with E-state index >= 15 is 0 Å². The molecule has 0 N–H and O–H groups in total. The van der Waals surface area contributed by atoms with Gasteiger partial charge in [-0.1, -0.05) is 80.6 Å². The molecule has 0 amide bonds. The average molecular weight is 512 g/mol. The summed E-state index contributed by atoms with van der Waals surface area (Å²) in [6.45, 7) is 15.8. The summed E-state index contributed by atoms with van der Waals surface area (Å²) in [5.41, 5.74) is 13.3. The molecule has 3 aromatic rings. The number of hydrogen-bond acceptors (Lipinski definition) is 1. The van der Waals surface area contributed by atoms with E-state index in [0.29, 0.717) is 0 Å². The third kappa shape index (κ3) is 3.88. The second kappa shape index (κ2) is 9.38. The number of allylic oxidation sites excluding steroid dienone is 8. The zero-order valence-electron chi connectivity index (χ0n) is 24.1. The van der Waals surface area contributed by atoms with Gasteiger partial charge >= 0.3 is 0 Å². The minimum Gasteiger partial charge on any atom is -0.344 e. The van der Waals surface area contributed by atoms with Crippen molar-refractivity contribution in [1.82, 2.24) is 0 Å². The van der Waals surface area contributed by atoms with Crippen LogP contribution >= 0.6 is 0 Å². The standard InChI is InChI=1S/C37H39N2/c1-7-38-32-19-13-11-17-30(32)36(3,4)34(38)23-21-26-25-27(29-16-10-9-15-28(26)29)22-24-35-37(5,6)31-18-12-14-20-33(31)39(35)8-2/h9-25H,7-8H2,1-6H3/q+1. The van der Waals surface area contributed by atoms with Gasteiger partial charge in [-0.25, -0.2) is 0 Å². The monoisotopic (exact) mass is 511 g/mol. The Balaban J connectivity index is 1.40. The SMILES string of the molecule is CCN1/C(=C/C=C2C=C(/C=C/C3=[N+](CC)c4ccccc4C3(C)C)c3ccccc3/2)C(C)(C)c2ccccc21. The molecule has 1 aliphatic carbocycles. The Hall–Kier alpha value is -3.91. The van der Waals surface area contributed by atoms with Gasteiger partial charge in [0.05, 0.1) is 5.41 Å². The van der Waals surface area contributed by atoms with E-state index < -0.39 is 0 Å². The van der Waals surface area contributed by atoms with Crippen LogP contribution in [-0.4, -0.2) is 23.4 Å². The zero-order chi connectivity index (χ0) is 27.4. The molecule has 0 fully saturated rings. The van der Waals surface area contributed by atoms with Crippen molar-refractivity contribution in [3.05, 3.63) is 131 Å². The number of anilines is 1. The quantitative estimate of drug-likeness (QED) is 0.310. The van der Waals surface area contributed by atoms with Gasteiger partial charge in [-0.2, -0.15) is 4.58 Å². The van der Waals surface area contributed by atoms with Crippen molar-refractivity contribution in [2.75, 3.05) is 18.0 Å². The van der Waals surface area contributed by atoms with Gasteiger partial charge in [-0.05, 0) is 79.8 Å². The maximum absolute atomic E-state index is 2.47. The lowest BCUT2D eigenvalue weighted by atomic mass is 9.81. The molecule has 0 radical (unpaired) electrons. The normalized spacial score (nSPS) is 20.7. The summed E-state index contributed by atoms with van der Waals surface area (Å²) >= 11 is 0. The van der Waals surface area contributed by atoms with Gasteiger partial charge in [0.1, 0.15) is 6.54 Å². The lowest BCUT2D eigenvalue weighted by Crippen LogP contribution is -2.27. The van der Waals surface area contributed by atoms with Gasteiger partial charge in [0.2, 0.25) is 5.69 Å². The van der Waals surface area contributed by atoms with Gasteiger partial charge in [-0.15, -0.1) is 0 Å². The molecule has 2 nitrogen and oxygen atoms in total. The van der Waals surface area contributed by atoms with Gasteiger partial charge in [0, 0.05) is 41.1 Å². The highest BCUT2D eigenvalue weighted by molar-refractivity contribution is 6.06. The van der Waals surface area contributed by atoms with Crippen molar-refractivity contribution >= 4 is 28.2 Å². The maximum atomic E-state index is 2.47. The third-order valence-corrected chi connectivity index (χ3v) is 8.93. The van der Waals surface area contributed by atoms with Crippen LogP contribution in [0, 0.1) is 0 Å². The van der Waals surface area contributed by atoms with Gasteiger partial charge in [-0.3, -0.25) is 0 Å². The number of rotatable bonds is 5. The van der Waals surface area contributed by atoms with E-state index in [9.17, 15) is 0 Å². The summed E-state index contributed by atoms with van der Waals surface area (Å²) in [7, 11) is 0. The summed E-state index contributed by atoms with van der Waals surface area (Å²) < 4.78 is 2.47. The number of likely N-dealkylation sites (N-methyl/N-ethyl adjacent to an activating group) is 1. The van der Waals surface area contributed by atoms with Crippen LogP contribution in [0.2, 0.25) is 0 Å². The molecular weight excluding hydrogens is 472 g/mol. The molecule has 0 saturated carbocycles. The highest BCUT2D eigenvalue weighted by Crippen LogP contribution is 2.48. The zero-order valence-corrected chi connectivity index (χ0v) is 24.1. The van der Waals surface area contributed by atoms with Crippen molar-refractivity contribution in [3.8, 4) is 0 Å². The second-order valence-corrected chi connectivity index (χ2v) is 11.8. The van der Waals surface area contributed by atoms with Gasteiger partial charge in [0.15, 0.2) is 5.71 Å². The molecule has 0 spiro atoms. The second-order valence-electron chi connectivity index (χ2n) is 11.8. The topological polar surface area (TPSA) is 6.25 Å². The van der Waals surface area contributed by atoms with Crippen LogP contribution in [0.5, 0.6) is 0 Å². The van der Waals surface area contributed by atoms with E-state index in [4.69, 9.17) is 0 Å². The minimum absolute atomic E-state index is 0.0302. The molecule has 39 heavy (non-hydrogen) atoms. The lowest BCUT2D eigenvalue weighted by Gasteiger charge is -2.26. The van der Waals surface area contributed by atoms with Crippen molar-refractivity contribution in [2.24, 2.45) is 0 Å². The summed E-state index contributed by atoms with van der Waals surface area (Å²) in [5.74, 6) is 0. The fourth-order valence-electron chi connectivity index (χ4n) is 6.89. The van der Waals surface area contributed by atoms with Crippen molar-refractivity contribution in [3.63, 3.8) is 0 Å². The van der Waals surface area contributed by atoms with Crippen molar-refractivity contribution in [1.29, 1.82) is 0 Å². The highest BCUT2D eigenvalue weighted by Gasteiger charge is 2.43. The molecule has 0 unspecified atom stereocenters. The molecule has 2 heteroatoms. The van der Waals surface area contributed by atoms with Crippen molar-refractivity contribution < 1.29 is 4.58 Å². The minimum atomic E-state index is -0.0302. The molecule has 3 aromatic carbocycles. The van der Waals surface area contributed by atoms with E-state index in [2.05, 4.69) is 154 Å². The molecule has 2 aliphatic heterocycles. The predicted octanol–water partition coefficient (Wildman–Crippen LogP) is 8.82. The average Bonchev–Trinajstić information content (AvgIpc) is 3.49. The molecule has 0 saturated heterocycles. The lowest BCUT2D eigenvalue weighted by molar-refractivity contribution is -0.433. The first-order valence-electron chi connectivity index (χ1n) is 14.3. The summed E-state index contributed by atoms with van der Waals surface area (Å²) in [4.78, 5) is 2.47. The first-order chi connectivity index (χ1) is 18.8. The smallest absolute Gasteiger partial charge is 0.209 e. The van der Waals surface area contributed by atoms with Crippen LogP contribution in [-0.2, 0) is 10.8 Å². The third-order valence-electron chi connectivity index (χ3n) is 8.93. The summed E-state index contributed by atoms with van der Waals surface area (Å²) in [6.07, 6.45) is 11.7.